The Hall–Kier alpha value is -3.49. The average Bonchev–Trinajstić information content (AvgIpc) is 3.10. The van der Waals surface area contributed by atoms with E-state index in [4.69, 9.17) is 23.9 Å². The van der Waals surface area contributed by atoms with Gasteiger partial charge in [0.25, 0.3) is 5.56 Å². The lowest BCUT2D eigenvalue weighted by Gasteiger charge is -2.25. The van der Waals surface area contributed by atoms with Gasteiger partial charge in [0.15, 0.2) is 17.7 Å². The molecule has 2 heterocycles. The van der Waals surface area contributed by atoms with Gasteiger partial charge in [-0.3, -0.25) is 29.1 Å². The van der Waals surface area contributed by atoms with E-state index < -0.39 is 67.8 Å². The van der Waals surface area contributed by atoms with E-state index in [0.717, 1.165) is 23.8 Å². The molecule has 1 aliphatic rings. The van der Waals surface area contributed by atoms with Gasteiger partial charge in [0, 0.05) is 17.8 Å². The van der Waals surface area contributed by atoms with Crippen LogP contribution in [0.5, 0.6) is 5.75 Å². The highest BCUT2D eigenvalue weighted by atomic mass is 31.2. The van der Waals surface area contributed by atoms with Crippen molar-refractivity contribution in [3.05, 3.63) is 62.9 Å². The minimum atomic E-state index is -4.44. The number of rotatable bonds is 11. The van der Waals surface area contributed by atoms with Crippen LogP contribution in [0.2, 0.25) is 0 Å². The molecule has 0 spiro atoms. The lowest BCUT2D eigenvalue weighted by molar-refractivity contribution is -0.149. The molecule has 0 saturated carbocycles. The molecule has 1 aromatic heterocycles. The first-order valence-electron chi connectivity index (χ1n) is 12.1. The number of aliphatic hydroxyl groups is 1. The van der Waals surface area contributed by atoms with Gasteiger partial charge >= 0.3 is 19.4 Å². The zero-order valence-corrected chi connectivity index (χ0v) is 23.1. The third-order valence-electron chi connectivity index (χ3n) is 5.80. The van der Waals surface area contributed by atoms with Gasteiger partial charge in [-0.25, -0.2) is 18.7 Å². The molecule has 14 nitrogen and oxygen atoms in total. The summed E-state index contributed by atoms with van der Waals surface area (Å²) in [5, 5.41) is 20.8. The molecule has 4 N–H and O–H groups in total. The standard InChI is InChI=1S/C24H31FN5O9P/c1-13(2)37-21(33)14(3)29-40(35,39-16-8-6-15(7-9-16)20(26)27-5)36-12-17-19(32)24(4,25)22(38-17)30-11-10-18(31)28-23(30)34/h6-11,13-14,17,19,22,26,32H,5,12H2,1-4H3,(H,29,35)(H,28,31,34)/t14-,17+,19+,22+,24+,40?/m0/s1. The average molecular weight is 584 g/mol. The number of hydrogen-bond acceptors (Lipinski definition) is 10. The highest BCUT2D eigenvalue weighted by molar-refractivity contribution is 7.52. The fraction of sp³-hybridized carbons (Fsp3) is 0.458. The number of halogens is 1. The van der Waals surface area contributed by atoms with Crippen molar-refractivity contribution in [1.82, 2.24) is 14.6 Å². The van der Waals surface area contributed by atoms with Crippen LogP contribution in [-0.2, 0) is 23.4 Å². The van der Waals surface area contributed by atoms with Crippen LogP contribution in [-0.4, -0.2) is 69.8 Å². The molecule has 0 bridgehead atoms. The first-order valence-corrected chi connectivity index (χ1v) is 13.6. The Kier molecular flexibility index (Phi) is 9.59. The number of aromatic nitrogens is 2. The molecule has 2 aromatic rings. The van der Waals surface area contributed by atoms with Gasteiger partial charge in [-0.05, 0) is 58.7 Å². The highest BCUT2D eigenvalue weighted by Gasteiger charge is 2.56. The molecule has 218 valence electrons. The fourth-order valence-electron chi connectivity index (χ4n) is 3.75. The number of H-pyrrole nitrogens is 1. The Morgan fingerprint density at radius 3 is 2.55 bits per heavy atom. The molecule has 3 rings (SSSR count). The van der Waals surface area contributed by atoms with Crippen molar-refractivity contribution in [3.63, 3.8) is 0 Å². The van der Waals surface area contributed by atoms with Crippen molar-refractivity contribution in [2.24, 2.45) is 4.99 Å². The van der Waals surface area contributed by atoms with Gasteiger partial charge in [-0.2, -0.15) is 5.09 Å². The van der Waals surface area contributed by atoms with Gasteiger partial charge in [0.2, 0.25) is 0 Å². The highest BCUT2D eigenvalue weighted by Crippen LogP contribution is 2.47. The molecule has 0 aliphatic carbocycles. The van der Waals surface area contributed by atoms with Gasteiger partial charge in [-0.1, -0.05) is 0 Å². The van der Waals surface area contributed by atoms with Gasteiger partial charge < -0.3 is 19.1 Å². The smallest absolute Gasteiger partial charge is 0.459 e. The molecule has 40 heavy (non-hydrogen) atoms. The van der Waals surface area contributed by atoms with Crippen LogP contribution in [0, 0.1) is 5.41 Å². The molecular weight excluding hydrogens is 552 g/mol. The first-order chi connectivity index (χ1) is 18.7. The molecule has 6 atom stereocenters. The molecule has 1 unspecified atom stereocenters. The van der Waals surface area contributed by atoms with Crippen molar-refractivity contribution in [1.29, 1.82) is 5.41 Å². The number of nitrogens with zero attached hydrogens (tertiary/aromatic N) is 2. The van der Waals surface area contributed by atoms with E-state index in [2.05, 4.69) is 16.8 Å². The van der Waals surface area contributed by atoms with Crippen LogP contribution in [0.25, 0.3) is 0 Å². The monoisotopic (exact) mass is 583 g/mol. The number of nitrogens with one attached hydrogen (secondary N) is 3. The second-order valence-corrected chi connectivity index (χ2v) is 11.1. The normalized spacial score (nSPS) is 24.7. The Morgan fingerprint density at radius 2 is 1.98 bits per heavy atom. The second-order valence-electron chi connectivity index (χ2n) is 9.39. The Morgan fingerprint density at radius 1 is 1.32 bits per heavy atom. The molecule has 1 saturated heterocycles. The summed E-state index contributed by atoms with van der Waals surface area (Å²) in [6, 6.07) is 5.47. The van der Waals surface area contributed by atoms with Gasteiger partial charge in [-0.15, -0.1) is 0 Å². The number of aliphatic hydroxyl groups excluding tert-OH is 1. The van der Waals surface area contributed by atoms with Crippen molar-refractivity contribution in [2.45, 2.75) is 63.9 Å². The molecule has 1 fully saturated rings. The summed E-state index contributed by atoms with van der Waals surface area (Å²) in [6.07, 6.45) is -4.41. The lowest BCUT2D eigenvalue weighted by atomic mass is 9.98. The zero-order valence-electron chi connectivity index (χ0n) is 22.2. The van der Waals surface area contributed by atoms with Crippen LogP contribution in [0.1, 0.15) is 39.5 Å². The number of carbonyl (C=O) groups excluding carboxylic acids is 1. The Bertz CT molecular complexity index is 1410. The number of alkyl halides is 1. The third-order valence-corrected chi connectivity index (χ3v) is 7.44. The number of aromatic amines is 1. The van der Waals surface area contributed by atoms with Gasteiger partial charge in [0.1, 0.15) is 24.0 Å². The largest absolute Gasteiger partial charge is 0.462 e. The van der Waals surface area contributed by atoms with Crippen molar-refractivity contribution >= 4 is 26.3 Å². The first kappa shape index (κ1) is 31.0. The van der Waals surface area contributed by atoms with E-state index in [1.807, 2.05) is 4.98 Å². The van der Waals surface area contributed by atoms with Crippen LogP contribution in [0.15, 0.2) is 51.1 Å². The van der Waals surface area contributed by atoms with E-state index in [1.165, 1.54) is 31.2 Å². The molecule has 1 aliphatic heterocycles. The quantitative estimate of drug-likeness (QED) is 0.131. The maximum Gasteiger partial charge on any atom is 0.459 e. The van der Waals surface area contributed by atoms with E-state index in [-0.39, 0.29) is 11.6 Å². The fourth-order valence-corrected chi connectivity index (χ4v) is 5.25. The predicted octanol–water partition coefficient (Wildman–Crippen LogP) is 1.68. The number of benzene rings is 1. The van der Waals surface area contributed by atoms with E-state index in [0.29, 0.717) is 5.56 Å². The summed E-state index contributed by atoms with van der Waals surface area (Å²) in [6.45, 7) is 8.20. The maximum absolute atomic E-state index is 15.5. The van der Waals surface area contributed by atoms with E-state index >= 15 is 4.39 Å². The number of carbonyl (C=O) groups is 1. The minimum Gasteiger partial charge on any atom is -0.462 e. The Labute approximate surface area is 228 Å². The predicted molar refractivity (Wildman–Crippen MR) is 142 cm³/mol. The van der Waals surface area contributed by atoms with Crippen LogP contribution in [0.3, 0.4) is 0 Å². The molecule has 16 heteroatoms. The summed E-state index contributed by atoms with van der Waals surface area (Å²) in [5.74, 6) is -0.844. The van der Waals surface area contributed by atoms with Crippen molar-refractivity contribution < 1.29 is 37.4 Å². The van der Waals surface area contributed by atoms with Crippen molar-refractivity contribution in [2.75, 3.05) is 6.61 Å². The summed E-state index contributed by atoms with van der Waals surface area (Å²) >= 11 is 0. The maximum atomic E-state index is 15.5. The summed E-state index contributed by atoms with van der Waals surface area (Å²) in [5.41, 5.74) is -3.80. The number of esters is 1. The summed E-state index contributed by atoms with van der Waals surface area (Å²) < 4.78 is 51.8. The third kappa shape index (κ3) is 7.17. The Balaban J connectivity index is 1.83. The van der Waals surface area contributed by atoms with Crippen LogP contribution in [0.4, 0.5) is 4.39 Å². The summed E-state index contributed by atoms with van der Waals surface area (Å²) in [7, 11) is -4.44. The van der Waals surface area contributed by atoms with Crippen molar-refractivity contribution in [3.8, 4) is 5.75 Å². The van der Waals surface area contributed by atoms with Crippen LogP contribution >= 0.6 is 7.75 Å². The number of hydrogen-bond donors (Lipinski definition) is 4. The van der Waals surface area contributed by atoms with Gasteiger partial charge in [0.05, 0.1) is 12.7 Å². The second kappa shape index (κ2) is 12.4. The molecule has 1 aromatic carbocycles. The molecule has 0 radical (unpaired) electrons. The number of aliphatic imine (C=N–C) groups is 1. The molecular formula is C24H31FN5O9P. The van der Waals surface area contributed by atoms with Crippen LogP contribution < -0.4 is 20.9 Å². The number of amidine groups is 1. The minimum absolute atomic E-state index is 0.0155. The SMILES string of the molecule is C=NC(=N)c1ccc(OP(=O)(N[C@@H](C)C(=O)OC(C)C)OC[C@H]2O[C@@H](n3ccc(=O)[nH]c3=O)[C@](C)(F)[C@@H]2O)cc1. The van der Waals surface area contributed by atoms with E-state index in [1.54, 1.807) is 13.8 Å². The zero-order chi connectivity index (χ0) is 29.8. The summed E-state index contributed by atoms with van der Waals surface area (Å²) in [4.78, 5) is 41.5. The topological polar surface area (TPSA) is 194 Å². The number of ether oxygens (including phenoxy) is 2. The molecule has 0 amide bonds. The lowest BCUT2D eigenvalue weighted by Crippen LogP contribution is -2.43. The van der Waals surface area contributed by atoms with E-state index in [9.17, 15) is 24.1 Å².